The Morgan fingerprint density at radius 3 is 1.88 bits per heavy atom. The fourth-order valence-corrected chi connectivity index (χ4v) is 10.4. The summed E-state index contributed by atoms with van der Waals surface area (Å²) in [4.78, 5) is 2.48. The van der Waals surface area contributed by atoms with Crippen LogP contribution in [0.4, 0.5) is 17.1 Å². The van der Waals surface area contributed by atoms with Crippen molar-refractivity contribution in [2.75, 3.05) is 4.90 Å². The summed E-state index contributed by atoms with van der Waals surface area (Å²) < 4.78 is 2.43. The molecule has 3 aliphatic rings. The molecular weight excluding hydrogens is 617 g/mol. The van der Waals surface area contributed by atoms with E-state index in [-0.39, 0.29) is 5.41 Å². The van der Waals surface area contributed by atoms with Crippen molar-refractivity contribution >= 4 is 38.9 Å². The summed E-state index contributed by atoms with van der Waals surface area (Å²) in [6.07, 6.45) is 5.37. The topological polar surface area (TPSA) is 8.17 Å². The molecule has 3 unspecified atom stereocenters. The Morgan fingerprint density at radius 2 is 1.14 bits per heavy atom. The third kappa shape index (κ3) is 4.23. The van der Waals surface area contributed by atoms with Crippen LogP contribution in [0.2, 0.25) is 0 Å². The minimum absolute atomic E-state index is 0.124. The third-order valence-corrected chi connectivity index (χ3v) is 12.4. The van der Waals surface area contributed by atoms with Crippen LogP contribution in [0.1, 0.15) is 36.8 Å². The van der Waals surface area contributed by atoms with Gasteiger partial charge in [-0.25, -0.2) is 0 Å². The van der Waals surface area contributed by atoms with Gasteiger partial charge in [-0.15, -0.1) is 0 Å². The van der Waals surface area contributed by atoms with E-state index < -0.39 is 0 Å². The zero-order valence-corrected chi connectivity index (χ0v) is 28.5. The van der Waals surface area contributed by atoms with Crippen molar-refractivity contribution in [3.63, 3.8) is 0 Å². The molecule has 7 aromatic carbocycles. The highest BCUT2D eigenvalue weighted by Gasteiger charge is 2.56. The largest absolute Gasteiger partial charge is 0.310 e. The van der Waals surface area contributed by atoms with Crippen LogP contribution in [-0.2, 0) is 5.41 Å². The van der Waals surface area contributed by atoms with Crippen molar-refractivity contribution in [1.82, 2.24) is 4.57 Å². The lowest BCUT2D eigenvalue weighted by Gasteiger charge is -2.37. The van der Waals surface area contributed by atoms with Crippen LogP contribution < -0.4 is 4.90 Å². The molecule has 11 rings (SSSR count). The van der Waals surface area contributed by atoms with Crippen LogP contribution >= 0.6 is 0 Å². The predicted octanol–water partition coefficient (Wildman–Crippen LogP) is 13.0. The average Bonchev–Trinajstić information content (AvgIpc) is 3.96. The van der Waals surface area contributed by atoms with Gasteiger partial charge in [0.2, 0.25) is 0 Å². The fraction of sp³-hybridized carbons (Fsp3) is 0.143. The molecule has 3 aliphatic carbocycles. The van der Waals surface area contributed by atoms with Gasteiger partial charge in [0.15, 0.2) is 0 Å². The van der Waals surface area contributed by atoms with Gasteiger partial charge in [-0.3, -0.25) is 0 Å². The molecule has 1 heterocycles. The first-order valence-electron chi connectivity index (χ1n) is 18.5. The van der Waals surface area contributed by atoms with Gasteiger partial charge >= 0.3 is 0 Å². The van der Waals surface area contributed by atoms with Crippen molar-refractivity contribution < 1.29 is 0 Å². The molecule has 0 N–H and O–H groups in total. The van der Waals surface area contributed by atoms with Crippen molar-refractivity contribution in [1.29, 1.82) is 0 Å². The highest BCUT2D eigenvalue weighted by Crippen LogP contribution is 2.66. The van der Waals surface area contributed by atoms with Gasteiger partial charge in [-0.05, 0) is 119 Å². The molecule has 1 spiro atoms. The molecule has 2 fully saturated rings. The minimum atomic E-state index is 0.124. The summed E-state index contributed by atoms with van der Waals surface area (Å²) in [7, 11) is 0. The monoisotopic (exact) mass is 654 g/mol. The molecule has 8 aromatic rings. The van der Waals surface area contributed by atoms with Crippen LogP contribution in [0, 0.1) is 11.8 Å². The summed E-state index contributed by atoms with van der Waals surface area (Å²) in [6.45, 7) is 0. The van der Waals surface area contributed by atoms with Crippen LogP contribution in [0.5, 0.6) is 0 Å². The van der Waals surface area contributed by atoms with E-state index in [0.29, 0.717) is 0 Å². The quantitative estimate of drug-likeness (QED) is 0.179. The number of para-hydroxylation sites is 2. The van der Waals surface area contributed by atoms with Gasteiger partial charge in [0.1, 0.15) is 0 Å². The van der Waals surface area contributed by atoms with Crippen molar-refractivity contribution in [2.45, 2.75) is 31.1 Å². The highest BCUT2D eigenvalue weighted by molar-refractivity contribution is 6.09. The van der Waals surface area contributed by atoms with Gasteiger partial charge in [0.25, 0.3) is 0 Å². The smallest absolute Gasteiger partial charge is 0.0541 e. The van der Waals surface area contributed by atoms with E-state index in [2.05, 4.69) is 179 Å². The summed E-state index contributed by atoms with van der Waals surface area (Å²) in [5, 5.41) is 2.56. The Hall–Kier alpha value is -5.86. The van der Waals surface area contributed by atoms with Crippen LogP contribution in [0.15, 0.2) is 170 Å². The van der Waals surface area contributed by atoms with E-state index in [9.17, 15) is 0 Å². The number of hydrogen-bond donors (Lipinski definition) is 0. The van der Waals surface area contributed by atoms with Gasteiger partial charge in [0.05, 0.1) is 11.0 Å². The summed E-state index contributed by atoms with van der Waals surface area (Å²) in [5.41, 5.74) is 15.7. The van der Waals surface area contributed by atoms with E-state index in [1.807, 2.05) is 0 Å². The van der Waals surface area contributed by atoms with Crippen LogP contribution in [0.3, 0.4) is 0 Å². The van der Waals surface area contributed by atoms with Gasteiger partial charge in [-0.2, -0.15) is 0 Å². The molecule has 2 bridgehead atoms. The maximum Gasteiger partial charge on any atom is 0.0541 e. The maximum absolute atomic E-state index is 2.56. The first-order chi connectivity index (χ1) is 25.3. The zero-order valence-electron chi connectivity index (χ0n) is 28.5. The fourth-order valence-electron chi connectivity index (χ4n) is 10.4. The first-order valence-corrected chi connectivity index (χ1v) is 18.5. The molecule has 0 saturated heterocycles. The van der Waals surface area contributed by atoms with Crippen molar-refractivity contribution in [2.24, 2.45) is 11.8 Å². The Bertz CT molecular complexity index is 2560. The van der Waals surface area contributed by atoms with Crippen LogP contribution in [0.25, 0.3) is 49.7 Å². The maximum atomic E-state index is 2.56. The number of anilines is 3. The summed E-state index contributed by atoms with van der Waals surface area (Å²) in [6, 6.07) is 63.2. The van der Waals surface area contributed by atoms with Gasteiger partial charge < -0.3 is 9.47 Å². The average molecular weight is 655 g/mol. The van der Waals surface area contributed by atoms with Crippen molar-refractivity contribution in [3.05, 3.63) is 181 Å². The summed E-state index contributed by atoms with van der Waals surface area (Å²) >= 11 is 0. The molecule has 2 nitrogen and oxygen atoms in total. The van der Waals surface area contributed by atoms with E-state index in [4.69, 9.17) is 0 Å². The molecule has 3 atom stereocenters. The second kappa shape index (κ2) is 11.1. The lowest BCUT2D eigenvalue weighted by Crippen LogP contribution is -2.32. The molecule has 2 saturated carbocycles. The van der Waals surface area contributed by atoms with E-state index >= 15 is 0 Å². The summed E-state index contributed by atoms with van der Waals surface area (Å²) in [5.74, 6) is 1.56. The highest BCUT2D eigenvalue weighted by atomic mass is 15.1. The molecule has 0 amide bonds. The predicted molar refractivity (Wildman–Crippen MR) is 213 cm³/mol. The lowest BCUT2D eigenvalue weighted by atomic mass is 9.67. The second-order valence-electron chi connectivity index (χ2n) is 15.0. The normalized spacial score (nSPS) is 19.9. The molecule has 0 aliphatic heterocycles. The molecule has 2 heteroatoms. The Kier molecular flexibility index (Phi) is 6.28. The third-order valence-electron chi connectivity index (χ3n) is 12.4. The molecule has 244 valence electrons. The number of nitrogens with zero attached hydrogens (tertiary/aromatic N) is 2. The van der Waals surface area contributed by atoms with E-state index in [0.717, 1.165) is 28.9 Å². The molecule has 0 radical (unpaired) electrons. The molecule has 51 heavy (non-hydrogen) atoms. The second-order valence-corrected chi connectivity index (χ2v) is 15.0. The Morgan fingerprint density at radius 1 is 0.490 bits per heavy atom. The number of rotatable bonds is 5. The number of aromatic nitrogens is 1. The first kappa shape index (κ1) is 28.9. The number of benzene rings is 7. The van der Waals surface area contributed by atoms with Crippen LogP contribution in [-0.4, -0.2) is 4.57 Å². The van der Waals surface area contributed by atoms with E-state index in [1.165, 1.54) is 81.0 Å². The molecular formula is C49H38N2. The van der Waals surface area contributed by atoms with Crippen molar-refractivity contribution in [3.8, 4) is 27.9 Å². The standard InChI is InChI=1S/C49H38N2/c1-2-11-34(12-3-1)35-22-25-37(26-23-35)50(38-13-10-14-39(30-38)51-47-19-8-5-16-43(47)44-17-6-9-20-48(44)51)40-27-28-42-41-15-4-7-18-45(41)49(46(42)31-40)32-33-21-24-36(49)29-33/h1-20,22-23,25-28,30-31,33,36H,21,24,29,32H2. The van der Waals surface area contributed by atoms with Gasteiger partial charge in [-0.1, -0.05) is 122 Å². The van der Waals surface area contributed by atoms with Gasteiger partial charge in [0, 0.05) is 38.9 Å². The SMILES string of the molecule is c1ccc(-c2ccc(N(c3cccc(-n4c5ccccc5c5ccccc54)c3)c3ccc4c(c3)C3(CC5CCC3C5)c3ccccc3-4)cc2)cc1. The number of fused-ring (bicyclic) bond motifs is 11. The van der Waals surface area contributed by atoms with E-state index in [1.54, 1.807) is 5.56 Å². The zero-order chi connectivity index (χ0) is 33.5. The molecule has 1 aromatic heterocycles. The minimum Gasteiger partial charge on any atom is -0.310 e. The Balaban J connectivity index is 1.11. The number of hydrogen-bond acceptors (Lipinski definition) is 1. The lowest BCUT2D eigenvalue weighted by molar-refractivity contribution is 0.327. The Labute approximate surface area is 299 Å².